The van der Waals surface area contributed by atoms with Crippen LogP contribution in [0, 0.1) is 6.92 Å². The maximum Gasteiger partial charge on any atom is 0.257 e. The summed E-state index contributed by atoms with van der Waals surface area (Å²) in [5.41, 5.74) is 1.57. The minimum atomic E-state index is -0.108. The van der Waals surface area contributed by atoms with Crippen molar-refractivity contribution in [1.29, 1.82) is 0 Å². The first-order valence-corrected chi connectivity index (χ1v) is 7.94. The van der Waals surface area contributed by atoms with Gasteiger partial charge in [0.25, 0.3) is 5.91 Å². The van der Waals surface area contributed by atoms with E-state index in [0.717, 1.165) is 5.56 Å². The molecule has 2 aromatic carbocycles. The summed E-state index contributed by atoms with van der Waals surface area (Å²) in [6.45, 7) is 2.38. The van der Waals surface area contributed by atoms with Gasteiger partial charge in [-0.05, 0) is 17.7 Å². The van der Waals surface area contributed by atoms with Crippen molar-refractivity contribution in [3.63, 3.8) is 0 Å². The largest absolute Gasteiger partial charge is 0.485 e. The molecule has 1 amide bonds. The first-order valence-electron chi connectivity index (χ1n) is 7.94. The number of aryl methyl sites for hydroxylation is 1. The summed E-state index contributed by atoms with van der Waals surface area (Å²) in [5.74, 6) is 1.31. The average Bonchev–Trinajstić information content (AvgIpc) is 3.06. The van der Waals surface area contributed by atoms with Gasteiger partial charge in [0.1, 0.15) is 5.75 Å². The summed E-state index contributed by atoms with van der Waals surface area (Å²) in [6.07, 6.45) is 0. The normalized spacial score (nSPS) is 10.5. The Bertz CT molecular complexity index is 846. The van der Waals surface area contributed by atoms with Crippen molar-refractivity contribution in [2.24, 2.45) is 0 Å². The predicted molar refractivity (Wildman–Crippen MR) is 92.0 cm³/mol. The van der Waals surface area contributed by atoms with Crippen LogP contribution in [0.25, 0.3) is 0 Å². The SMILES string of the molecule is Cc1nc(COc2ccccc2C(=O)N(C)Cc2ccccc2)no1. The third-order valence-electron chi connectivity index (χ3n) is 3.65. The molecule has 0 spiro atoms. The molecule has 0 N–H and O–H groups in total. The number of hydrogen-bond donors (Lipinski definition) is 0. The molecule has 0 radical (unpaired) electrons. The van der Waals surface area contributed by atoms with E-state index in [4.69, 9.17) is 9.26 Å². The summed E-state index contributed by atoms with van der Waals surface area (Å²) in [4.78, 5) is 18.5. The molecule has 0 unspecified atom stereocenters. The van der Waals surface area contributed by atoms with Crippen molar-refractivity contribution in [2.45, 2.75) is 20.1 Å². The van der Waals surface area contributed by atoms with Crippen molar-refractivity contribution in [2.75, 3.05) is 7.05 Å². The number of nitrogens with zero attached hydrogens (tertiary/aromatic N) is 3. The van der Waals surface area contributed by atoms with E-state index in [9.17, 15) is 4.79 Å². The zero-order valence-corrected chi connectivity index (χ0v) is 14.2. The number of carbonyl (C=O) groups is 1. The minimum absolute atomic E-state index is 0.108. The van der Waals surface area contributed by atoms with Crippen LogP contribution >= 0.6 is 0 Å². The third-order valence-corrected chi connectivity index (χ3v) is 3.65. The Morgan fingerprint density at radius 2 is 1.84 bits per heavy atom. The lowest BCUT2D eigenvalue weighted by molar-refractivity contribution is 0.0780. The topological polar surface area (TPSA) is 68.5 Å². The summed E-state index contributed by atoms with van der Waals surface area (Å²) in [5, 5.41) is 3.79. The van der Waals surface area contributed by atoms with Crippen LogP contribution in [0.4, 0.5) is 0 Å². The van der Waals surface area contributed by atoms with Gasteiger partial charge in [-0.3, -0.25) is 4.79 Å². The molecule has 1 heterocycles. The number of aromatic nitrogens is 2. The zero-order chi connectivity index (χ0) is 17.6. The van der Waals surface area contributed by atoms with E-state index in [1.54, 1.807) is 31.0 Å². The van der Waals surface area contributed by atoms with E-state index in [1.165, 1.54) is 0 Å². The second-order valence-electron chi connectivity index (χ2n) is 5.66. The van der Waals surface area contributed by atoms with E-state index in [2.05, 4.69) is 10.1 Å². The second kappa shape index (κ2) is 7.61. The van der Waals surface area contributed by atoms with Crippen LogP contribution in [0.3, 0.4) is 0 Å². The Balaban J connectivity index is 1.71. The van der Waals surface area contributed by atoms with Gasteiger partial charge in [-0.15, -0.1) is 0 Å². The lowest BCUT2D eigenvalue weighted by Gasteiger charge is -2.19. The van der Waals surface area contributed by atoms with Gasteiger partial charge in [-0.2, -0.15) is 4.98 Å². The number of amides is 1. The molecule has 6 heteroatoms. The maximum absolute atomic E-state index is 12.8. The van der Waals surface area contributed by atoms with E-state index in [1.807, 2.05) is 42.5 Å². The molecule has 0 aliphatic heterocycles. The highest BCUT2D eigenvalue weighted by molar-refractivity contribution is 5.96. The van der Waals surface area contributed by atoms with Crippen LogP contribution < -0.4 is 4.74 Å². The summed E-state index contributed by atoms with van der Waals surface area (Å²) >= 11 is 0. The molecule has 0 aliphatic carbocycles. The number of benzene rings is 2. The quantitative estimate of drug-likeness (QED) is 0.691. The average molecular weight is 337 g/mol. The smallest absolute Gasteiger partial charge is 0.257 e. The van der Waals surface area contributed by atoms with Crippen LogP contribution in [0.2, 0.25) is 0 Å². The second-order valence-corrected chi connectivity index (χ2v) is 5.66. The zero-order valence-electron chi connectivity index (χ0n) is 14.2. The molecule has 3 rings (SSSR count). The van der Waals surface area contributed by atoms with Crippen molar-refractivity contribution >= 4 is 5.91 Å². The fourth-order valence-corrected chi connectivity index (χ4v) is 2.45. The van der Waals surface area contributed by atoms with Gasteiger partial charge in [0.15, 0.2) is 6.61 Å². The van der Waals surface area contributed by atoms with Crippen LogP contribution in [0.5, 0.6) is 5.75 Å². The fraction of sp³-hybridized carbons (Fsp3) is 0.211. The number of rotatable bonds is 6. The fourth-order valence-electron chi connectivity index (χ4n) is 2.45. The van der Waals surface area contributed by atoms with Gasteiger partial charge >= 0.3 is 0 Å². The summed E-state index contributed by atoms with van der Waals surface area (Å²) in [7, 11) is 1.77. The van der Waals surface area contributed by atoms with E-state index in [-0.39, 0.29) is 12.5 Å². The molecule has 0 atom stereocenters. The molecular formula is C19H19N3O3. The van der Waals surface area contributed by atoms with Gasteiger partial charge in [-0.1, -0.05) is 47.6 Å². The number of ether oxygens (including phenoxy) is 1. The molecule has 1 aromatic heterocycles. The van der Waals surface area contributed by atoms with Gasteiger partial charge < -0.3 is 14.2 Å². The Labute approximate surface area is 146 Å². The Morgan fingerprint density at radius 3 is 2.56 bits per heavy atom. The number of hydrogen-bond acceptors (Lipinski definition) is 5. The molecule has 0 aliphatic rings. The van der Waals surface area contributed by atoms with E-state index < -0.39 is 0 Å². The van der Waals surface area contributed by atoms with Crippen molar-refractivity contribution in [1.82, 2.24) is 15.0 Å². The van der Waals surface area contributed by atoms with Crippen molar-refractivity contribution in [3.05, 3.63) is 77.4 Å². The van der Waals surface area contributed by atoms with Gasteiger partial charge in [0.05, 0.1) is 5.56 Å². The molecule has 0 saturated carbocycles. The Hall–Kier alpha value is -3.15. The molecule has 0 bridgehead atoms. The molecule has 6 nitrogen and oxygen atoms in total. The van der Waals surface area contributed by atoms with E-state index >= 15 is 0 Å². The number of carbonyl (C=O) groups excluding carboxylic acids is 1. The van der Waals surface area contributed by atoms with Crippen LogP contribution in [0.15, 0.2) is 59.1 Å². The Kier molecular flexibility index (Phi) is 5.09. The lowest BCUT2D eigenvalue weighted by atomic mass is 10.1. The summed E-state index contributed by atoms with van der Waals surface area (Å²) < 4.78 is 10.6. The molecule has 128 valence electrons. The van der Waals surface area contributed by atoms with Crippen LogP contribution in [-0.4, -0.2) is 28.0 Å². The highest BCUT2D eigenvalue weighted by Gasteiger charge is 2.17. The highest BCUT2D eigenvalue weighted by Crippen LogP contribution is 2.21. The van der Waals surface area contributed by atoms with Crippen molar-refractivity contribution in [3.8, 4) is 5.75 Å². The maximum atomic E-state index is 12.8. The monoisotopic (exact) mass is 337 g/mol. The van der Waals surface area contributed by atoms with Gasteiger partial charge in [-0.25, -0.2) is 0 Å². The molecule has 0 saturated heterocycles. The number of para-hydroxylation sites is 1. The first-order chi connectivity index (χ1) is 12.1. The van der Waals surface area contributed by atoms with E-state index in [0.29, 0.717) is 29.6 Å². The standard InChI is InChI=1S/C19H19N3O3/c1-14-20-18(21-25-14)13-24-17-11-7-6-10-16(17)19(23)22(2)12-15-8-4-3-5-9-15/h3-11H,12-13H2,1-2H3. The molecule has 0 fully saturated rings. The Morgan fingerprint density at radius 1 is 1.12 bits per heavy atom. The minimum Gasteiger partial charge on any atom is -0.485 e. The molecular weight excluding hydrogens is 318 g/mol. The molecule has 25 heavy (non-hydrogen) atoms. The predicted octanol–water partition coefficient (Wildman–Crippen LogP) is 3.23. The van der Waals surface area contributed by atoms with Crippen LogP contribution in [0.1, 0.15) is 27.6 Å². The lowest BCUT2D eigenvalue weighted by Crippen LogP contribution is -2.26. The molecule has 3 aromatic rings. The summed E-state index contributed by atoms with van der Waals surface area (Å²) in [6, 6.07) is 17.0. The highest BCUT2D eigenvalue weighted by atomic mass is 16.5. The van der Waals surface area contributed by atoms with Gasteiger partial charge in [0, 0.05) is 20.5 Å². The third kappa shape index (κ3) is 4.23. The van der Waals surface area contributed by atoms with Gasteiger partial charge in [0.2, 0.25) is 11.7 Å². The van der Waals surface area contributed by atoms with Crippen molar-refractivity contribution < 1.29 is 14.1 Å². The van der Waals surface area contributed by atoms with Crippen LogP contribution in [-0.2, 0) is 13.2 Å². The first kappa shape index (κ1) is 16.7.